The zero-order valence-corrected chi connectivity index (χ0v) is 10.7. The third kappa shape index (κ3) is 1.75. The molecule has 2 rings (SSSR count). The standard InChI is InChI=1S/C13H17Br/c1-9-4-5-11(8-10(9)2)12(14)13(3)6-7-13/h4-5,8,12H,6-7H2,1-3H3. The highest BCUT2D eigenvalue weighted by Gasteiger charge is 2.44. The number of rotatable bonds is 2. The van der Waals surface area contributed by atoms with E-state index in [1.54, 1.807) is 0 Å². The Labute approximate surface area is 94.8 Å². The molecule has 1 saturated carbocycles. The highest BCUT2D eigenvalue weighted by Crippen LogP contribution is 2.58. The van der Waals surface area contributed by atoms with Gasteiger partial charge in [0.1, 0.15) is 0 Å². The van der Waals surface area contributed by atoms with Crippen LogP contribution in [0.4, 0.5) is 0 Å². The Kier molecular flexibility index (Phi) is 2.46. The van der Waals surface area contributed by atoms with Crippen LogP contribution in [0.5, 0.6) is 0 Å². The number of alkyl halides is 1. The summed E-state index contributed by atoms with van der Waals surface area (Å²) in [4.78, 5) is 0.536. The number of benzene rings is 1. The monoisotopic (exact) mass is 252 g/mol. The molecule has 1 aliphatic rings. The van der Waals surface area contributed by atoms with Crippen molar-refractivity contribution in [3.05, 3.63) is 34.9 Å². The third-order valence-electron chi connectivity index (χ3n) is 3.47. The minimum Gasteiger partial charge on any atom is -0.0833 e. The molecule has 0 radical (unpaired) electrons. The van der Waals surface area contributed by atoms with E-state index in [9.17, 15) is 0 Å². The molecule has 1 aromatic rings. The first-order valence-corrected chi connectivity index (χ1v) is 6.16. The molecule has 76 valence electrons. The SMILES string of the molecule is Cc1ccc(C(Br)C2(C)CC2)cc1C. The average Bonchev–Trinajstić information content (AvgIpc) is 2.89. The van der Waals surface area contributed by atoms with Crippen molar-refractivity contribution in [2.45, 2.75) is 38.4 Å². The van der Waals surface area contributed by atoms with E-state index in [1.165, 1.54) is 29.5 Å². The Bertz CT molecular complexity index is 350. The lowest BCUT2D eigenvalue weighted by atomic mass is 9.96. The summed E-state index contributed by atoms with van der Waals surface area (Å²) in [5.41, 5.74) is 4.74. The first-order chi connectivity index (χ1) is 6.53. The summed E-state index contributed by atoms with van der Waals surface area (Å²) in [6.45, 7) is 6.72. The quantitative estimate of drug-likeness (QED) is 0.679. The van der Waals surface area contributed by atoms with E-state index in [-0.39, 0.29) is 0 Å². The normalized spacial score (nSPS) is 20.6. The summed E-state index contributed by atoms with van der Waals surface area (Å²) < 4.78 is 0. The molecule has 1 heteroatoms. The van der Waals surface area contributed by atoms with Gasteiger partial charge in [-0.15, -0.1) is 0 Å². The van der Waals surface area contributed by atoms with Crippen LogP contribution in [-0.2, 0) is 0 Å². The first-order valence-electron chi connectivity index (χ1n) is 5.24. The molecular formula is C13H17Br. The van der Waals surface area contributed by atoms with Gasteiger partial charge in [0.2, 0.25) is 0 Å². The van der Waals surface area contributed by atoms with Gasteiger partial charge in [0.25, 0.3) is 0 Å². The average molecular weight is 253 g/mol. The van der Waals surface area contributed by atoms with E-state index in [1.807, 2.05) is 0 Å². The van der Waals surface area contributed by atoms with Crippen molar-refractivity contribution in [3.8, 4) is 0 Å². The Morgan fingerprint density at radius 3 is 2.36 bits per heavy atom. The van der Waals surface area contributed by atoms with Crippen LogP contribution in [0.2, 0.25) is 0 Å². The molecule has 0 amide bonds. The minimum atomic E-state index is 0.516. The number of hydrogen-bond donors (Lipinski definition) is 0. The van der Waals surface area contributed by atoms with Crippen LogP contribution in [0.3, 0.4) is 0 Å². The maximum absolute atomic E-state index is 3.83. The maximum Gasteiger partial charge on any atom is 0.0449 e. The van der Waals surface area contributed by atoms with Gasteiger partial charge in [-0.25, -0.2) is 0 Å². The van der Waals surface area contributed by atoms with Crippen molar-refractivity contribution < 1.29 is 0 Å². The summed E-state index contributed by atoms with van der Waals surface area (Å²) in [6, 6.07) is 6.80. The van der Waals surface area contributed by atoms with Gasteiger partial charge in [0, 0.05) is 4.83 Å². The van der Waals surface area contributed by atoms with Gasteiger partial charge in [-0.2, -0.15) is 0 Å². The van der Waals surface area contributed by atoms with Crippen LogP contribution in [0.1, 0.15) is 41.3 Å². The molecule has 1 aliphatic carbocycles. The maximum atomic E-state index is 3.83. The summed E-state index contributed by atoms with van der Waals surface area (Å²) in [5, 5.41) is 0. The second kappa shape index (κ2) is 3.37. The minimum absolute atomic E-state index is 0.516. The molecule has 0 nitrogen and oxygen atoms in total. The van der Waals surface area contributed by atoms with E-state index in [0.717, 1.165) is 0 Å². The highest BCUT2D eigenvalue weighted by molar-refractivity contribution is 9.09. The van der Waals surface area contributed by atoms with Crippen LogP contribution in [-0.4, -0.2) is 0 Å². The molecule has 0 spiro atoms. The summed E-state index contributed by atoms with van der Waals surface area (Å²) in [6.07, 6.45) is 2.71. The van der Waals surface area contributed by atoms with Crippen molar-refractivity contribution in [2.24, 2.45) is 5.41 Å². The Morgan fingerprint density at radius 2 is 1.86 bits per heavy atom. The van der Waals surface area contributed by atoms with Crippen molar-refractivity contribution >= 4 is 15.9 Å². The fourth-order valence-electron chi connectivity index (χ4n) is 1.78. The number of hydrogen-bond acceptors (Lipinski definition) is 0. The summed E-state index contributed by atoms with van der Waals surface area (Å²) in [7, 11) is 0. The van der Waals surface area contributed by atoms with E-state index >= 15 is 0 Å². The van der Waals surface area contributed by atoms with Crippen molar-refractivity contribution in [1.82, 2.24) is 0 Å². The summed E-state index contributed by atoms with van der Waals surface area (Å²) in [5.74, 6) is 0. The lowest BCUT2D eigenvalue weighted by molar-refractivity contribution is 0.564. The summed E-state index contributed by atoms with van der Waals surface area (Å²) >= 11 is 3.83. The highest BCUT2D eigenvalue weighted by atomic mass is 79.9. The van der Waals surface area contributed by atoms with Crippen molar-refractivity contribution in [3.63, 3.8) is 0 Å². The molecular weight excluding hydrogens is 236 g/mol. The Balaban J connectivity index is 2.28. The molecule has 1 unspecified atom stereocenters. The molecule has 1 fully saturated rings. The second-order valence-corrected chi connectivity index (χ2v) is 5.78. The first kappa shape index (κ1) is 10.2. The molecule has 1 atom stereocenters. The smallest absolute Gasteiger partial charge is 0.0449 e. The van der Waals surface area contributed by atoms with Gasteiger partial charge >= 0.3 is 0 Å². The van der Waals surface area contributed by atoms with Crippen molar-refractivity contribution in [2.75, 3.05) is 0 Å². The van der Waals surface area contributed by atoms with Gasteiger partial charge in [-0.05, 0) is 48.8 Å². The van der Waals surface area contributed by atoms with E-state index in [4.69, 9.17) is 0 Å². The third-order valence-corrected chi connectivity index (χ3v) is 5.11. The number of halogens is 1. The fraction of sp³-hybridized carbons (Fsp3) is 0.538. The van der Waals surface area contributed by atoms with Crippen molar-refractivity contribution in [1.29, 1.82) is 0 Å². The van der Waals surface area contributed by atoms with E-state index < -0.39 is 0 Å². The van der Waals surface area contributed by atoms with Crippen LogP contribution >= 0.6 is 15.9 Å². The van der Waals surface area contributed by atoms with Gasteiger partial charge < -0.3 is 0 Å². The molecule has 0 N–H and O–H groups in total. The number of aryl methyl sites for hydroxylation is 2. The van der Waals surface area contributed by atoms with Crippen LogP contribution in [0, 0.1) is 19.3 Å². The molecule has 0 heterocycles. The molecule has 0 aromatic heterocycles. The van der Waals surface area contributed by atoms with Gasteiger partial charge in [0.05, 0.1) is 0 Å². The van der Waals surface area contributed by atoms with Crippen LogP contribution in [0.15, 0.2) is 18.2 Å². The Hall–Kier alpha value is -0.300. The van der Waals surface area contributed by atoms with Gasteiger partial charge in [-0.1, -0.05) is 41.1 Å². The second-order valence-electron chi connectivity index (χ2n) is 4.86. The largest absolute Gasteiger partial charge is 0.0833 e. The topological polar surface area (TPSA) is 0 Å². The zero-order chi connectivity index (χ0) is 10.3. The lowest BCUT2D eigenvalue weighted by Gasteiger charge is -2.18. The Morgan fingerprint density at radius 1 is 1.21 bits per heavy atom. The fourth-order valence-corrected chi connectivity index (χ4v) is 2.52. The van der Waals surface area contributed by atoms with E-state index in [2.05, 4.69) is 54.9 Å². The van der Waals surface area contributed by atoms with Gasteiger partial charge in [0.15, 0.2) is 0 Å². The zero-order valence-electron chi connectivity index (χ0n) is 9.10. The lowest BCUT2D eigenvalue weighted by Crippen LogP contribution is -2.03. The molecule has 1 aromatic carbocycles. The molecule has 14 heavy (non-hydrogen) atoms. The van der Waals surface area contributed by atoms with Crippen LogP contribution < -0.4 is 0 Å². The van der Waals surface area contributed by atoms with Gasteiger partial charge in [-0.3, -0.25) is 0 Å². The predicted molar refractivity (Wildman–Crippen MR) is 64.9 cm³/mol. The molecule has 0 bridgehead atoms. The molecule has 0 saturated heterocycles. The van der Waals surface area contributed by atoms with Crippen LogP contribution in [0.25, 0.3) is 0 Å². The predicted octanol–water partition coefficient (Wildman–Crippen LogP) is 4.54. The molecule has 0 aliphatic heterocycles. The van der Waals surface area contributed by atoms with E-state index in [0.29, 0.717) is 10.2 Å².